The molecule has 0 atom stereocenters. The molecule has 0 unspecified atom stereocenters. The van der Waals surface area contributed by atoms with Crippen LogP contribution in [0.2, 0.25) is 0 Å². The highest BCUT2D eigenvalue weighted by Gasteiger charge is 2.06. The minimum absolute atomic E-state index is 0.0408. The molecule has 2 rings (SSSR count). The summed E-state index contributed by atoms with van der Waals surface area (Å²) in [7, 11) is 0. The van der Waals surface area contributed by atoms with Crippen molar-refractivity contribution in [2.45, 2.75) is 27.7 Å². The van der Waals surface area contributed by atoms with Crippen LogP contribution in [0, 0.1) is 27.7 Å². The number of hydrogen-bond acceptors (Lipinski definition) is 2. The van der Waals surface area contributed by atoms with E-state index >= 15 is 0 Å². The largest absolute Gasteiger partial charge is 0.376 e. The number of hydrogen-bond donors (Lipinski definition) is 2. The molecule has 110 valence electrons. The number of rotatable bonds is 4. The summed E-state index contributed by atoms with van der Waals surface area (Å²) in [5.74, 6) is -0.0408. The lowest BCUT2D eigenvalue weighted by molar-refractivity contribution is -0.114. The lowest BCUT2D eigenvalue weighted by Crippen LogP contribution is -2.22. The predicted molar refractivity (Wildman–Crippen MR) is 89.0 cm³/mol. The molecule has 0 bridgehead atoms. The van der Waals surface area contributed by atoms with Gasteiger partial charge >= 0.3 is 0 Å². The zero-order valence-electron chi connectivity index (χ0n) is 13.1. The van der Waals surface area contributed by atoms with Crippen molar-refractivity contribution in [3.63, 3.8) is 0 Å². The Hall–Kier alpha value is -2.29. The van der Waals surface area contributed by atoms with E-state index < -0.39 is 0 Å². The fourth-order valence-corrected chi connectivity index (χ4v) is 2.29. The number of aryl methyl sites for hydroxylation is 4. The second-order valence-electron chi connectivity index (χ2n) is 5.47. The number of carbonyl (C=O) groups excluding carboxylic acids is 1. The second-order valence-corrected chi connectivity index (χ2v) is 5.47. The molecule has 0 spiro atoms. The molecule has 0 aliphatic carbocycles. The summed E-state index contributed by atoms with van der Waals surface area (Å²) in [5.41, 5.74) is 6.57. The minimum Gasteiger partial charge on any atom is -0.376 e. The van der Waals surface area contributed by atoms with Crippen molar-refractivity contribution in [1.82, 2.24) is 0 Å². The van der Waals surface area contributed by atoms with Gasteiger partial charge in [0.2, 0.25) is 5.91 Å². The van der Waals surface area contributed by atoms with Crippen LogP contribution in [0.25, 0.3) is 0 Å². The van der Waals surface area contributed by atoms with Crippen LogP contribution in [-0.2, 0) is 4.79 Å². The van der Waals surface area contributed by atoms with E-state index in [1.165, 1.54) is 11.1 Å². The first-order valence-corrected chi connectivity index (χ1v) is 7.14. The van der Waals surface area contributed by atoms with Crippen molar-refractivity contribution < 1.29 is 4.79 Å². The fourth-order valence-electron chi connectivity index (χ4n) is 2.29. The van der Waals surface area contributed by atoms with Crippen molar-refractivity contribution >= 4 is 17.3 Å². The monoisotopic (exact) mass is 282 g/mol. The zero-order valence-corrected chi connectivity index (χ0v) is 13.1. The SMILES string of the molecule is Cc1ccc(NC(=O)CNc2c(C)cccc2C)cc1C. The zero-order chi connectivity index (χ0) is 15.4. The van der Waals surface area contributed by atoms with Gasteiger partial charge in [-0.1, -0.05) is 24.3 Å². The fraction of sp³-hybridized carbons (Fsp3) is 0.278. The van der Waals surface area contributed by atoms with Gasteiger partial charge in [0.25, 0.3) is 0 Å². The quantitative estimate of drug-likeness (QED) is 0.891. The first kappa shape index (κ1) is 15.1. The molecule has 2 aromatic carbocycles. The summed E-state index contributed by atoms with van der Waals surface area (Å²) in [4.78, 5) is 12.0. The second kappa shape index (κ2) is 6.44. The number of carbonyl (C=O) groups is 1. The summed E-state index contributed by atoms with van der Waals surface area (Å²) >= 11 is 0. The number of benzene rings is 2. The third-order valence-electron chi connectivity index (χ3n) is 3.70. The van der Waals surface area contributed by atoms with Crippen molar-refractivity contribution in [2.24, 2.45) is 0 Å². The van der Waals surface area contributed by atoms with Gasteiger partial charge in [0.15, 0.2) is 0 Å². The molecule has 0 aromatic heterocycles. The molecule has 3 nitrogen and oxygen atoms in total. The molecule has 2 N–H and O–H groups in total. The summed E-state index contributed by atoms with van der Waals surface area (Å²) < 4.78 is 0. The van der Waals surface area contributed by atoms with E-state index in [2.05, 4.69) is 17.6 Å². The van der Waals surface area contributed by atoms with Gasteiger partial charge in [-0.3, -0.25) is 4.79 Å². The molecule has 0 heterocycles. The first-order valence-electron chi connectivity index (χ1n) is 7.14. The Morgan fingerprint density at radius 2 is 1.57 bits per heavy atom. The van der Waals surface area contributed by atoms with Crippen LogP contribution in [0.5, 0.6) is 0 Å². The average Bonchev–Trinajstić information content (AvgIpc) is 2.42. The van der Waals surface area contributed by atoms with E-state index in [-0.39, 0.29) is 12.5 Å². The highest BCUT2D eigenvalue weighted by Crippen LogP contribution is 2.19. The summed E-state index contributed by atoms with van der Waals surface area (Å²) in [6, 6.07) is 12.0. The Kier molecular flexibility index (Phi) is 4.63. The highest BCUT2D eigenvalue weighted by atomic mass is 16.1. The predicted octanol–water partition coefficient (Wildman–Crippen LogP) is 3.97. The molecular weight excluding hydrogens is 260 g/mol. The Labute approximate surface area is 126 Å². The maximum absolute atomic E-state index is 12.0. The van der Waals surface area contributed by atoms with Crippen LogP contribution in [0.4, 0.5) is 11.4 Å². The van der Waals surface area contributed by atoms with Crippen LogP contribution in [-0.4, -0.2) is 12.5 Å². The van der Waals surface area contributed by atoms with Gasteiger partial charge in [-0.15, -0.1) is 0 Å². The Bertz CT molecular complexity index is 642. The molecule has 0 radical (unpaired) electrons. The van der Waals surface area contributed by atoms with E-state index in [4.69, 9.17) is 0 Å². The van der Waals surface area contributed by atoms with E-state index in [0.29, 0.717) is 0 Å². The van der Waals surface area contributed by atoms with E-state index in [0.717, 1.165) is 22.5 Å². The average molecular weight is 282 g/mol. The maximum atomic E-state index is 12.0. The highest BCUT2D eigenvalue weighted by molar-refractivity contribution is 5.94. The molecule has 0 saturated heterocycles. The molecule has 1 amide bonds. The van der Waals surface area contributed by atoms with Crippen molar-refractivity contribution in [3.05, 3.63) is 58.7 Å². The molecular formula is C18H22N2O. The standard InChI is InChI=1S/C18H22N2O/c1-12-8-9-16(10-15(12)4)20-17(21)11-19-18-13(2)6-5-7-14(18)3/h5-10,19H,11H2,1-4H3,(H,20,21). The summed E-state index contributed by atoms with van der Waals surface area (Å²) in [5, 5.41) is 6.13. The summed E-state index contributed by atoms with van der Waals surface area (Å²) in [6.45, 7) is 8.44. The van der Waals surface area contributed by atoms with Crippen molar-refractivity contribution in [3.8, 4) is 0 Å². The number of para-hydroxylation sites is 1. The van der Waals surface area contributed by atoms with Crippen LogP contribution in [0.15, 0.2) is 36.4 Å². The van der Waals surface area contributed by atoms with Crippen LogP contribution in [0.3, 0.4) is 0 Å². The molecule has 2 aromatic rings. The topological polar surface area (TPSA) is 41.1 Å². The lowest BCUT2D eigenvalue weighted by Gasteiger charge is -2.13. The lowest BCUT2D eigenvalue weighted by atomic mass is 10.1. The van der Waals surface area contributed by atoms with Crippen molar-refractivity contribution in [1.29, 1.82) is 0 Å². The third-order valence-corrected chi connectivity index (χ3v) is 3.70. The minimum atomic E-state index is -0.0408. The van der Waals surface area contributed by atoms with Gasteiger partial charge in [-0.25, -0.2) is 0 Å². The third kappa shape index (κ3) is 3.85. The van der Waals surface area contributed by atoms with Gasteiger partial charge in [-0.2, -0.15) is 0 Å². The van der Waals surface area contributed by atoms with Gasteiger partial charge in [0, 0.05) is 11.4 Å². The van der Waals surface area contributed by atoms with Gasteiger partial charge < -0.3 is 10.6 Å². The number of anilines is 2. The van der Waals surface area contributed by atoms with Gasteiger partial charge in [0.05, 0.1) is 6.54 Å². The Morgan fingerprint density at radius 3 is 2.19 bits per heavy atom. The molecule has 0 aliphatic rings. The normalized spacial score (nSPS) is 10.3. The Balaban J connectivity index is 1.97. The number of nitrogens with one attached hydrogen (secondary N) is 2. The summed E-state index contributed by atoms with van der Waals surface area (Å²) in [6.07, 6.45) is 0. The number of amides is 1. The van der Waals surface area contributed by atoms with Crippen LogP contribution < -0.4 is 10.6 Å². The molecule has 3 heteroatoms. The maximum Gasteiger partial charge on any atom is 0.243 e. The van der Waals surface area contributed by atoms with Gasteiger partial charge in [-0.05, 0) is 62.1 Å². The molecule has 0 saturated carbocycles. The smallest absolute Gasteiger partial charge is 0.243 e. The van der Waals surface area contributed by atoms with E-state index in [1.54, 1.807) is 0 Å². The Morgan fingerprint density at radius 1 is 0.905 bits per heavy atom. The molecule has 0 fully saturated rings. The first-order chi connectivity index (χ1) is 9.97. The van der Waals surface area contributed by atoms with E-state index in [1.807, 2.05) is 57.2 Å². The van der Waals surface area contributed by atoms with Crippen molar-refractivity contribution in [2.75, 3.05) is 17.2 Å². The van der Waals surface area contributed by atoms with Crippen LogP contribution in [0.1, 0.15) is 22.3 Å². The van der Waals surface area contributed by atoms with Gasteiger partial charge in [0.1, 0.15) is 0 Å². The van der Waals surface area contributed by atoms with E-state index in [9.17, 15) is 4.79 Å². The molecule has 0 aliphatic heterocycles. The molecule has 21 heavy (non-hydrogen) atoms. The van der Waals surface area contributed by atoms with Crippen LogP contribution >= 0.6 is 0 Å².